The van der Waals surface area contributed by atoms with E-state index in [0.29, 0.717) is 33.4 Å². The van der Waals surface area contributed by atoms with E-state index in [2.05, 4.69) is 37.9 Å². The Morgan fingerprint density at radius 1 is 0.964 bits per heavy atom. The summed E-state index contributed by atoms with van der Waals surface area (Å²) in [5, 5.41) is 2.85. The van der Waals surface area contributed by atoms with Crippen LogP contribution in [-0.2, 0) is 0 Å². The van der Waals surface area contributed by atoms with Gasteiger partial charge in [0.05, 0.1) is 16.6 Å². The molecule has 0 aliphatic heterocycles. The zero-order chi connectivity index (χ0) is 19.7. The summed E-state index contributed by atoms with van der Waals surface area (Å²) in [6, 6.07) is 19.3. The van der Waals surface area contributed by atoms with Gasteiger partial charge in [-0.2, -0.15) is 0 Å². The van der Waals surface area contributed by atoms with Gasteiger partial charge in [0.1, 0.15) is 0 Å². The molecule has 1 amide bonds. The second-order valence-electron chi connectivity index (χ2n) is 6.19. The number of hydrogen-bond acceptors (Lipinski definition) is 4. The number of imidazole rings is 1. The van der Waals surface area contributed by atoms with Crippen molar-refractivity contribution in [2.45, 2.75) is 0 Å². The number of ketones is 1. The minimum absolute atomic E-state index is 0.247. The Morgan fingerprint density at radius 3 is 2.54 bits per heavy atom. The predicted molar refractivity (Wildman–Crippen MR) is 117 cm³/mol. The van der Waals surface area contributed by atoms with E-state index in [9.17, 15) is 9.59 Å². The second kappa shape index (κ2) is 7.43. The number of nitrogen functional groups attached to an aromatic ring is 1. The van der Waals surface area contributed by atoms with Gasteiger partial charge in [-0.25, -0.2) is 4.98 Å². The molecule has 0 unspecified atom stereocenters. The Bertz CT molecular complexity index is 1220. The van der Waals surface area contributed by atoms with Crippen LogP contribution in [0.2, 0.25) is 0 Å². The van der Waals surface area contributed by atoms with E-state index in [1.807, 2.05) is 18.2 Å². The molecule has 0 atom stereocenters. The predicted octanol–water partition coefficient (Wildman–Crippen LogP) is 4.23. The van der Waals surface area contributed by atoms with Crippen LogP contribution >= 0.6 is 22.6 Å². The van der Waals surface area contributed by atoms with Crippen molar-refractivity contribution < 1.29 is 9.59 Å². The topological polar surface area (TPSA) is 101 Å². The van der Waals surface area contributed by atoms with E-state index in [4.69, 9.17) is 5.73 Å². The van der Waals surface area contributed by atoms with Gasteiger partial charge in [-0.1, -0.05) is 24.3 Å². The molecule has 28 heavy (non-hydrogen) atoms. The first-order valence-corrected chi connectivity index (χ1v) is 9.55. The summed E-state index contributed by atoms with van der Waals surface area (Å²) in [5.41, 5.74) is 8.79. The zero-order valence-corrected chi connectivity index (χ0v) is 16.7. The number of aromatic nitrogens is 2. The summed E-state index contributed by atoms with van der Waals surface area (Å²) >= 11 is 2.18. The van der Waals surface area contributed by atoms with Crippen LogP contribution < -0.4 is 11.1 Å². The third kappa shape index (κ3) is 3.61. The van der Waals surface area contributed by atoms with Crippen LogP contribution in [0.25, 0.3) is 11.0 Å². The molecule has 6 nitrogen and oxygen atoms in total. The van der Waals surface area contributed by atoms with E-state index in [1.165, 1.54) is 0 Å². The molecule has 4 rings (SSSR count). The highest BCUT2D eigenvalue weighted by Crippen LogP contribution is 2.21. The lowest BCUT2D eigenvalue weighted by Crippen LogP contribution is -2.17. The lowest BCUT2D eigenvalue weighted by atomic mass is 9.97. The van der Waals surface area contributed by atoms with Crippen molar-refractivity contribution in [1.82, 2.24) is 9.97 Å². The number of nitrogens with two attached hydrogens (primary N) is 1. The molecule has 0 radical (unpaired) electrons. The molecule has 3 aromatic carbocycles. The van der Waals surface area contributed by atoms with Crippen LogP contribution in [0, 0.1) is 3.57 Å². The van der Waals surface area contributed by atoms with Crippen LogP contribution in [0.4, 0.5) is 11.6 Å². The number of aromatic amines is 1. The van der Waals surface area contributed by atoms with Gasteiger partial charge < -0.3 is 16.0 Å². The number of amides is 1. The summed E-state index contributed by atoms with van der Waals surface area (Å²) in [4.78, 5) is 32.9. The molecule has 7 heteroatoms. The van der Waals surface area contributed by atoms with E-state index in [1.54, 1.807) is 48.5 Å². The summed E-state index contributed by atoms with van der Waals surface area (Å²) in [6.07, 6.45) is 0. The van der Waals surface area contributed by atoms with Gasteiger partial charge in [0.25, 0.3) is 5.91 Å². The van der Waals surface area contributed by atoms with Crippen LogP contribution in [0.1, 0.15) is 26.3 Å². The van der Waals surface area contributed by atoms with E-state index >= 15 is 0 Å². The van der Waals surface area contributed by atoms with Crippen molar-refractivity contribution in [3.05, 3.63) is 87.0 Å². The Labute approximate surface area is 174 Å². The third-order valence-corrected chi connectivity index (χ3v) is 4.93. The number of rotatable bonds is 4. The monoisotopic (exact) mass is 482 g/mol. The van der Waals surface area contributed by atoms with Gasteiger partial charge in [0, 0.05) is 20.4 Å². The highest BCUT2D eigenvalue weighted by molar-refractivity contribution is 14.1. The normalized spacial score (nSPS) is 10.8. The Kier molecular flexibility index (Phi) is 4.82. The van der Waals surface area contributed by atoms with Crippen molar-refractivity contribution in [3.63, 3.8) is 0 Å². The lowest BCUT2D eigenvalue weighted by molar-refractivity contribution is 0.0996. The van der Waals surface area contributed by atoms with E-state index in [-0.39, 0.29) is 17.6 Å². The van der Waals surface area contributed by atoms with Crippen molar-refractivity contribution in [3.8, 4) is 0 Å². The molecular weight excluding hydrogens is 467 g/mol. The average Bonchev–Trinajstić information content (AvgIpc) is 3.06. The summed E-state index contributed by atoms with van der Waals surface area (Å²) < 4.78 is 1.01. The number of anilines is 2. The first kappa shape index (κ1) is 18.2. The van der Waals surface area contributed by atoms with Gasteiger partial charge in [-0.15, -0.1) is 0 Å². The van der Waals surface area contributed by atoms with Gasteiger partial charge >= 0.3 is 0 Å². The molecule has 0 bridgehead atoms. The molecule has 0 spiro atoms. The first-order chi connectivity index (χ1) is 13.5. The zero-order valence-electron chi connectivity index (χ0n) is 14.6. The maximum atomic E-state index is 13.1. The third-order valence-electron chi connectivity index (χ3n) is 4.26. The molecule has 138 valence electrons. The number of benzene rings is 3. The number of H-pyrrole nitrogens is 1. The Balaban J connectivity index is 1.67. The number of nitrogens with zero attached hydrogens (tertiary/aromatic N) is 1. The van der Waals surface area contributed by atoms with Gasteiger partial charge in [-0.05, 0) is 65.1 Å². The summed E-state index contributed by atoms with van der Waals surface area (Å²) in [7, 11) is 0. The minimum Gasteiger partial charge on any atom is -0.369 e. The van der Waals surface area contributed by atoms with Crippen LogP contribution in [0.3, 0.4) is 0 Å². The standard InChI is InChI=1S/C21H15IN4O2/c22-13-4-3-5-14(11-13)24-20(28)16-7-2-1-6-15(16)19(27)12-8-9-17-18(10-12)26-21(23)25-17/h1-11H,(H,24,28)(H3,23,25,26). The molecule has 0 aliphatic carbocycles. The van der Waals surface area contributed by atoms with Crippen molar-refractivity contribution in [2.75, 3.05) is 11.1 Å². The van der Waals surface area contributed by atoms with Crippen LogP contribution in [0.5, 0.6) is 0 Å². The lowest BCUT2D eigenvalue weighted by Gasteiger charge is -2.10. The van der Waals surface area contributed by atoms with Crippen molar-refractivity contribution in [2.24, 2.45) is 0 Å². The van der Waals surface area contributed by atoms with Crippen molar-refractivity contribution in [1.29, 1.82) is 0 Å². The number of fused-ring (bicyclic) bond motifs is 1. The van der Waals surface area contributed by atoms with Crippen LogP contribution in [-0.4, -0.2) is 21.7 Å². The first-order valence-electron chi connectivity index (χ1n) is 8.47. The number of carbonyl (C=O) groups is 2. The Hall–Kier alpha value is -3.20. The maximum Gasteiger partial charge on any atom is 0.256 e. The molecule has 0 saturated carbocycles. The molecule has 0 fully saturated rings. The van der Waals surface area contributed by atoms with Gasteiger partial charge in [0.15, 0.2) is 11.7 Å². The molecule has 0 aliphatic rings. The van der Waals surface area contributed by atoms with Crippen LogP contribution in [0.15, 0.2) is 66.7 Å². The molecule has 0 saturated heterocycles. The highest BCUT2D eigenvalue weighted by Gasteiger charge is 2.19. The molecule has 4 aromatic rings. The number of carbonyl (C=O) groups excluding carboxylic acids is 2. The fourth-order valence-electron chi connectivity index (χ4n) is 2.97. The van der Waals surface area contributed by atoms with E-state index < -0.39 is 0 Å². The van der Waals surface area contributed by atoms with E-state index in [0.717, 1.165) is 3.57 Å². The summed E-state index contributed by atoms with van der Waals surface area (Å²) in [6.45, 7) is 0. The van der Waals surface area contributed by atoms with Gasteiger partial charge in [0.2, 0.25) is 0 Å². The molecular formula is C21H15IN4O2. The fourth-order valence-corrected chi connectivity index (χ4v) is 3.51. The Morgan fingerprint density at radius 2 is 1.75 bits per heavy atom. The largest absolute Gasteiger partial charge is 0.369 e. The van der Waals surface area contributed by atoms with Crippen molar-refractivity contribution >= 4 is 57.0 Å². The number of hydrogen-bond donors (Lipinski definition) is 3. The highest BCUT2D eigenvalue weighted by atomic mass is 127. The number of halogens is 1. The molecule has 1 aromatic heterocycles. The fraction of sp³-hybridized carbons (Fsp3) is 0. The quantitative estimate of drug-likeness (QED) is 0.299. The number of nitrogens with one attached hydrogen (secondary N) is 2. The minimum atomic E-state index is -0.335. The SMILES string of the molecule is Nc1nc2ccc(C(=O)c3ccccc3C(=O)Nc3cccc(I)c3)cc2[nH]1. The smallest absolute Gasteiger partial charge is 0.256 e. The molecule has 4 N–H and O–H groups in total. The van der Waals surface area contributed by atoms with Gasteiger partial charge in [-0.3, -0.25) is 9.59 Å². The molecule has 1 heterocycles. The average molecular weight is 482 g/mol. The summed E-state index contributed by atoms with van der Waals surface area (Å²) in [5.74, 6) is -0.293. The second-order valence-corrected chi connectivity index (χ2v) is 7.44. The maximum absolute atomic E-state index is 13.1.